The molecule has 1 heterocycles. The summed E-state index contributed by atoms with van der Waals surface area (Å²) in [6.07, 6.45) is 2.66. The van der Waals surface area contributed by atoms with Gasteiger partial charge in [0.25, 0.3) is 0 Å². The van der Waals surface area contributed by atoms with E-state index in [4.69, 9.17) is 15.2 Å². The Morgan fingerprint density at radius 3 is 2.60 bits per heavy atom. The van der Waals surface area contributed by atoms with E-state index < -0.39 is 0 Å². The van der Waals surface area contributed by atoms with Crippen LogP contribution < -0.4 is 10.5 Å². The van der Waals surface area contributed by atoms with Crippen molar-refractivity contribution in [1.82, 2.24) is 4.98 Å². The molecule has 0 aliphatic rings. The molecule has 106 valence electrons. The molecule has 0 aliphatic heterocycles. The molecule has 0 spiro atoms. The molecule has 0 unspecified atom stereocenters. The molecule has 2 aromatic rings. The molecule has 0 atom stereocenters. The van der Waals surface area contributed by atoms with Crippen LogP contribution in [0.15, 0.2) is 36.5 Å². The van der Waals surface area contributed by atoms with Gasteiger partial charge in [-0.15, -0.1) is 0 Å². The van der Waals surface area contributed by atoms with Crippen molar-refractivity contribution in [3.63, 3.8) is 0 Å². The van der Waals surface area contributed by atoms with Crippen LogP contribution in [0.2, 0.25) is 0 Å². The summed E-state index contributed by atoms with van der Waals surface area (Å²) in [5.74, 6) is 1.57. The number of hydrogen-bond acceptors (Lipinski definition) is 4. The van der Waals surface area contributed by atoms with Crippen molar-refractivity contribution in [1.29, 1.82) is 0 Å². The lowest BCUT2D eigenvalue weighted by atomic mass is 10.1. The fourth-order valence-electron chi connectivity index (χ4n) is 1.88. The van der Waals surface area contributed by atoms with Crippen molar-refractivity contribution < 1.29 is 9.47 Å². The quantitative estimate of drug-likeness (QED) is 0.878. The summed E-state index contributed by atoms with van der Waals surface area (Å²) in [4.78, 5) is 4.23. The fraction of sp³-hybridized carbons (Fsp3) is 0.312. The molecule has 0 fully saturated rings. The smallest absolute Gasteiger partial charge is 0.135 e. The van der Waals surface area contributed by atoms with Crippen LogP contribution in [0.4, 0.5) is 0 Å². The SMILES string of the molecule is COCCc1ccc(Oc2cc(C)ncc2CN)cc1. The van der Waals surface area contributed by atoms with Crippen molar-refractivity contribution in [2.24, 2.45) is 5.73 Å². The monoisotopic (exact) mass is 272 g/mol. The molecule has 0 radical (unpaired) electrons. The maximum absolute atomic E-state index is 5.89. The molecule has 0 saturated heterocycles. The number of nitrogens with two attached hydrogens (primary N) is 1. The minimum atomic E-state index is 0.411. The molecule has 1 aromatic carbocycles. The molecular weight excluding hydrogens is 252 g/mol. The van der Waals surface area contributed by atoms with Gasteiger partial charge >= 0.3 is 0 Å². The molecule has 2 rings (SSSR count). The molecule has 0 aliphatic carbocycles. The van der Waals surface area contributed by atoms with E-state index in [1.807, 2.05) is 37.3 Å². The Labute approximate surface area is 119 Å². The standard InChI is InChI=1S/C16H20N2O2/c1-12-9-16(14(10-17)11-18-12)20-15-5-3-13(4-6-15)7-8-19-2/h3-6,9,11H,7-8,10,17H2,1-2H3. The maximum atomic E-state index is 5.89. The van der Waals surface area contributed by atoms with Crippen molar-refractivity contribution in [3.05, 3.63) is 53.3 Å². The summed E-state index contributed by atoms with van der Waals surface area (Å²) in [5, 5.41) is 0. The van der Waals surface area contributed by atoms with Gasteiger partial charge < -0.3 is 15.2 Å². The van der Waals surface area contributed by atoms with Gasteiger partial charge in [-0.25, -0.2) is 0 Å². The van der Waals surface area contributed by atoms with E-state index in [9.17, 15) is 0 Å². The summed E-state index contributed by atoms with van der Waals surface area (Å²) >= 11 is 0. The summed E-state index contributed by atoms with van der Waals surface area (Å²) in [6, 6.07) is 9.91. The normalized spacial score (nSPS) is 10.6. The van der Waals surface area contributed by atoms with Gasteiger partial charge in [-0.1, -0.05) is 12.1 Å². The van der Waals surface area contributed by atoms with Crippen LogP contribution in [-0.4, -0.2) is 18.7 Å². The van der Waals surface area contributed by atoms with Crippen LogP contribution in [0.5, 0.6) is 11.5 Å². The third-order valence-electron chi connectivity index (χ3n) is 3.05. The lowest BCUT2D eigenvalue weighted by Crippen LogP contribution is -2.01. The predicted octanol–water partition coefficient (Wildman–Crippen LogP) is 2.83. The Balaban J connectivity index is 2.11. The van der Waals surface area contributed by atoms with E-state index in [-0.39, 0.29) is 0 Å². The molecule has 4 nitrogen and oxygen atoms in total. The van der Waals surface area contributed by atoms with E-state index in [1.54, 1.807) is 13.3 Å². The third kappa shape index (κ3) is 3.79. The van der Waals surface area contributed by atoms with E-state index >= 15 is 0 Å². The molecule has 20 heavy (non-hydrogen) atoms. The van der Waals surface area contributed by atoms with E-state index in [0.29, 0.717) is 6.54 Å². The average Bonchev–Trinajstić information content (AvgIpc) is 2.47. The number of aryl methyl sites for hydroxylation is 1. The summed E-state index contributed by atoms with van der Waals surface area (Å²) < 4.78 is 11.0. The van der Waals surface area contributed by atoms with Crippen molar-refractivity contribution >= 4 is 0 Å². The molecular formula is C16H20N2O2. The van der Waals surface area contributed by atoms with E-state index in [0.717, 1.165) is 35.8 Å². The lowest BCUT2D eigenvalue weighted by Gasteiger charge is -2.11. The van der Waals surface area contributed by atoms with Crippen LogP contribution in [-0.2, 0) is 17.7 Å². The first-order chi connectivity index (χ1) is 9.72. The number of hydrogen-bond donors (Lipinski definition) is 1. The predicted molar refractivity (Wildman–Crippen MR) is 79.0 cm³/mol. The number of nitrogens with zero attached hydrogens (tertiary/aromatic N) is 1. The average molecular weight is 272 g/mol. The third-order valence-corrected chi connectivity index (χ3v) is 3.05. The van der Waals surface area contributed by atoms with Gasteiger partial charge in [0.1, 0.15) is 11.5 Å². The Morgan fingerprint density at radius 2 is 1.95 bits per heavy atom. The van der Waals surface area contributed by atoms with E-state index in [1.165, 1.54) is 5.56 Å². The van der Waals surface area contributed by atoms with Gasteiger partial charge in [-0.3, -0.25) is 4.98 Å². The highest BCUT2D eigenvalue weighted by molar-refractivity contribution is 5.38. The van der Waals surface area contributed by atoms with E-state index in [2.05, 4.69) is 4.98 Å². The van der Waals surface area contributed by atoms with Crippen LogP contribution in [0.25, 0.3) is 0 Å². The second-order valence-corrected chi connectivity index (χ2v) is 4.63. The van der Waals surface area contributed by atoms with Crippen LogP contribution in [0, 0.1) is 6.92 Å². The molecule has 0 bridgehead atoms. The highest BCUT2D eigenvalue weighted by Gasteiger charge is 2.05. The number of benzene rings is 1. The summed E-state index contributed by atoms with van der Waals surface area (Å²) in [6.45, 7) is 3.07. The van der Waals surface area contributed by atoms with Crippen molar-refractivity contribution in [3.8, 4) is 11.5 Å². The Kier molecular flexibility index (Phi) is 5.09. The lowest BCUT2D eigenvalue weighted by molar-refractivity contribution is 0.202. The van der Waals surface area contributed by atoms with Gasteiger partial charge in [-0.05, 0) is 31.0 Å². The highest BCUT2D eigenvalue weighted by Crippen LogP contribution is 2.25. The highest BCUT2D eigenvalue weighted by atomic mass is 16.5. The van der Waals surface area contributed by atoms with Gasteiger partial charge in [0.05, 0.1) is 6.61 Å². The number of rotatable bonds is 6. The zero-order valence-corrected chi connectivity index (χ0v) is 11.9. The second kappa shape index (κ2) is 7.03. The Hall–Kier alpha value is -1.91. The Bertz CT molecular complexity index is 553. The van der Waals surface area contributed by atoms with Crippen LogP contribution in [0.1, 0.15) is 16.8 Å². The molecule has 4 heteroatoms. The van der Waals surface area contributed by atoms with Gasteiger partial charge in [0.15, 0.2) is 0 Å². The van der Waals surface area contributed by atoms with Crippen molar-refractivity contribution in [2.45, 2.75) is 19.9 Å². The van der Waals surface area contributed by atoms with Crippen molar-refractivity contribution in [2.75, 3.05) is 13.7 Å². The topological polar surface area (TPSA) is 57.4 Å². The van der Waals surface area contributed by atoms with Gasteiger partial charge in [0.2, 0.25) is 0 Å². The minimum absolute atomic E-state index is 0.411. The first kappa shape index (κ1) is 14.5. The molecule has 0 amide bonds. The number of ether oxygens (including phenoxy) is 2. The zero-order valence-electron chi connectivity index (χ0n) is 11.9. The second-order valence-electron chi connectivity index (χ2n) is 4.63. The first-order valence-corrected chi connectivity index (χ1v) is 6.64. The molecule has 2 N–H and O–H groups in total. The maximum Gasteiger partial charge on any atom is 0.135 e. The fourth-order valence-corrected chi connectivity index (χ4v) is 1.88. The van der Waals surface area contributed by atoms with Gasteiger partial charge in [-0.2, -0.15) is 0 Å². The Morgan fingerprint density at radius 1 is 1.20 bits per heavy atom. The molecule has 0 saturated carbocycles. The number of pyridine rings is 1. The number of aromatic nitrogens is 1. The molecule has 1 aromatic heterocycles. The number of methoxy groups -OCH3 is 1. The zero-order chi connectivity index (χ0) is 14.4. The van der Waals surface area contributed by atoms with Gasteiger partial charge in [0, 0.05) is 37.2 Å². The summed E-state index contributed by atoms with van der Waals surface area (Å²) in [5.41, 5.74) is 8.74. The summed E-state index contributed by atoms with van der Waals surface area (Å²) in [7, 11) is 1.71. The minimum Gasteiger partial charge on any atom is -0.457 e. The van der Waals surface area contributed by atoms with Crippen LogP contribution >= 0.6 is 0 Å². The van der Waals surface area contributed by atoms with Crippen LogP contribution in [0.3, 0.4) is 0 Å². The largest absolute Gasteiger partial charge is 0.457 e. The first-order valence-electron chi connectivity index (χ1n) is 6.64.